The zero-order chi connectivity index (χ0) is 7.84. The third kappa shape index (κ3) is 0.741. The highest BCUT2D eigenvalue weighted by atomic mass is 16.3. The van der Waals surface area contributed by atoms with Crippen LogP contribution in [-0.4, -0.2) is 9.78 Å². The molecule has 3 heteroatoms. The molecule has 3 nitrogen and oxygen atoms in total. The van der Waals surface area contributed by atoms with Gasteiger partial charge in [-0.15, -0.1) is 0 Å². The van der Waals surface area contributed by atoms with Gasteiger partial charge in [-0.2, -0.15) is 0 Å². The minimum Gasteiger partial charge on any atom is -0.493 e. The lowest BCUT2D eigenvalue weighted by molar-refractivity contribution is 0.441. The van der Waals surface area contributed by atoms with E-state index in [0.29, 0.717) is 0 Å². The second-order valence-electron chi connectivity index (χ2n) is 2.43. The second kappa shape index (κ2) is 1.92. The highest BCUT2D eigenvalue weighted by molar-refractivity contribution is 5.82. The lowest BCUT2D eigenvalue weighted by atomic mass is 10.3. The molecule has 11 heavy (non-hydrogen) atoms. The van der Waals surface area contributed by atoms with Crippen LogP contribution < -0.4 is 5.84 Å². The maximum atomic E-state index is 9.18. The van der Waals surface area contributed by atoms with E-state index in [1.165, 1.54) is 4.68 Å². The molecule has 1 aromatic carbocycles. The van der Waals surface area contributed by atoms with Crippen molar-refractivity contribution in [3.8, 4) is 5.88 Å². The Kier molecular flexibility index (Phi) is 1.06. The molecular weight excluding hydrogens is 140 g/mol. The molecule has 0 amide bonds. The maximum absolute atomic E-state index is 9.18. The molecule has 0 aliphatic carbocycles. The molecule has 0 atom stereocenters. The summed E-state index contributed by atoms with van der Waals surface area (Å²) in [7, 11) is 0. The zero-order valence-electron chi connectivity index (χ0n) is 5.86. The first-order valence-electron chi connectivity index (χ1n) is 3.33. The SMILES string of the molecule is Nn1c(O)cc2ccccc21. The highest BCUT2D eigenvalue weighted by Crippen LogP contribution is 2.20. The van der Waals surface area contributed by atoms with Gasteiger partial charge in [-0.25, -0.2) is 4.68 Å². The maximum Gasteiger partial charge on any atom is 0.210 e. The van der Waals surface area contributed by atoms with Gasteiger partial charge >= 0.3 is 0 Å². The zero-order valence-corrected chi connectivity index (χ0v) is 5.86. The van der Waals surface area contributed by atoms with Crippen LogP contribution in [0.4, 0.5) is 0 Å². The lowest BCUT2D eigenvalue weighted by Crippen LogP contribution is -2.05. The van der Waals surface area contributed by atoms with Crippen LogP contribution in [0.5, 0.6) is 5.88 Å². The number of nitrogen functional groups attached to an aromatic ring is 1. The number of aromatic nitrogens is 1. The van der Waals surface area contributed by atoms with Crippen LogP contribution in [-0.2, 0) is 0 Å². The number of fused-ring (bicyclic) bond motifs is 1. The number of rotatable bonds is 0. The van der Waals surface area contributed by atoms with Crippen LogP contribution in [0.3, 0.4) is 0 Å². The van der Waals surface area contributed by atoms with Gasteiger partial charge in [0.25, 0.3) is 0 Å². The molecule has 0 radical (unpaired) electrons. The number of hydrogen-bond acceptors (Lipinski definition) is 2. The Balaban J connectivity index is 2.92. The monoisotopic (exact) mass is 148 g/mol. The van der Waals surface area contributed by atoms with Crippen molar-refractivity contribution in [1.29, 1.82) is 0 Å². The number of hydrogen-bond donors (Lipinski definition) is 2. The summed E-state index contributed by atoms with van der Waals surface area (Å²) in [5, 5.41) is 10.1. The fourth-order valence-corrected chi connectivity index (χ4v) is 1.16. The molecule has 2 rings (SSSR count). The molecule has 0 aliphatic heterocycles. The summed E-state index contributed by atoms with van der Waals surface area (Å²) in [6, 6.07) is 9.18. The van der Waals surface area contributed by atoms with E-state index in [-0.39, 0.29) is 5.88 Å². The number of nitrogens with two attached hydrogens (primary N) is 1. The number of nitrogens with zero attached hydrogens (tertiary/aromatic N) is 1. The first kappa shape index (κ1) is 6.09. The van der Waals surface area contributed by atoms with Gasteiger partial charge < -0.3 is 10.9 Å². The second-order valence-corrected chi connectivity index (χ2v) is 2.43. The Morgan fingerprint density at radius 2 is 2.00 bits per heavy atom. The van der Waals surface area contributed by atoms with Gasteiger partial charge in [0, 0.05) is 11.5 Å². The minimum atomic E-state index is 0.0891. The van der Waals surface area contributed by atoms with Gasteiger partial charge in [0.2, 0.25) is 5.88 Å². The summed E-state index contributed by atoms with van der Waals surface area (Å²) in [5.41, 5.74) is 0.838. The molecule has 0 spiro atoms. The van der Waals surface area contributed by atoms with Crippen molar-refractivity contribution < 1.29 is 5.11 Å². The molecule has 1 aromatic heterocycles. The quantitative estimate of drug-likeness (QED) is 0.549. The van der Waals surface area contributed by atoms with E-state index in [2.05, 4.69) is 0 Å². The van der Waals surface area contributed by atoms with Gasteiger partial charge in [-0.3, -0.25) is 0 Å². The first-order chi connectivity index (χ1) is 5.29. The minimum absolute atomic E-state index is 0.0891. The average molecular weight is 148 g/mol. The van der Waals surface area contributed by atoms with Crippen molar-refractivity contribution in [2.45, 2.75) is 0 Å². The van der Waals surface area contributed by atoms with Crippen LogP contribution in [0.25, 0.3) is 10.9 Å². The van der Waals surface area contributed by atoms with Crippen LogP contribution in [0.1, 0.15) is 0 Å². The van der Waals surface area contributed by atoms with Crippen LogP contribution in [0, 0.1) is 0 Å². The Labute approximate surface area is 63.6 Å². The largest absolute Gasteiger partial charge is 0.493 e. The Morgan fingerprint density at radius 1 is 1.27 bits per heavy atom. The highest BCUT2D eigenvalue weighted by Gasteiger charge is 2.01. The molecule has 0 unspecified atom stereocenters. The van der Waals surface area contributed by atoms with E-state index in [4.69, 9.17) is 5.84 Å². The van der Waals surface area contributed by atoms with E-state index >= 15 is 0 Å². The van der Waals surface area contributed by atoms with Crippen molar-refractivity contribution in [3.63, 3.8) is 0 Å². The predicted molar refractivity (Wildman–Crippen MR) is 43.8 cm³/mol. The van der Waals surface area contributed by atoms with Gasteiger partial charge in [0.05, 0.1) is 5.52 Å². The molecule has 0 fully saturated rings. The van der Waals surface area contributed by atoms with Gasteiger partial charge in [-0.1, -0.05) is 18.2 Å². The Morgan fingerprint density at radius 3 is 2.73 bits per heavy atom. The van der Waals surface area contributed by atoms with Gasteiger partial charge in [0.15, 0.2) is 0 Å². The fraction of sp³-hybridized carbons (Fsp3) is 0. The van der Waals surface area contributed by atoms with Crippen molar-refractivity contribution in [2.24, 2.45) is 0 Å². The third-order valence-electron chi connectivity index (χ3n) is 1.73. The topological polar surface area (TPSA) is 51.2 Å². The van der Waals surface area contributed by atoms with Crippen molar-refractivity contribution >= 4 is 10.9 Å². The molecule has 0 aliphatic rings. The molecule has 0 saturated heterocycles. The van der Waals surface area contributed by atoms with Crippen molar-refractivity contribution in [3.05, 3.63) is 30.3 Å². The molecule has 56 valence electrons. The summed E-state index contributed by atoms with van der Waals surface area (Å²) in [5.74, 6) is 5.59. The van der Waals surface area contributed by atoms with E-state index in [1.807, 2.05) is 24.3 Å². The average Bonchev–Trinajstić information content (AvgIpc) is 2.30. The molecule has 2 aromatic rings. The van der Waals surface area contributed by atoms with Crippen molar-refractivity contribution in [2.75, 3.05) is 5.84 Å². The van der Waals surface area contributed by atoms with E-state index in [0.717, 1.165) is 10.9 Å². The molecular formula is C8H8N2O. The van der Waals surface area contributed by atoms with Crippen LogP contribution >= 0.6 is 0 Å². The van der Waals surface area contributed by atoms with Crippen LogP contribution in [0.15, 0.2) is 30.3 Å². The summed E-state index contributed by atoms with van der Waals surface area (Å²) < 4.78 is 1.26. The molecule has 3 N–H and O–H groups in total. The summed E-state index contributed by atoms with van der Waals surface area (Å²) in [4.78, 5) is 0. The van der Waals surface area contributed by atoms with Crippen molar-refractivity contribution in [1.82, 2.24) is 4.68 Å². The third-order valence-corrected chi connectivity index (χ3v) is 1.73. The molecule has 0 bridgehead atoms. The van der Waals surface area contributed by atoms with E-state index in [1.54, 1.807) is 6.07 Å². The number of aromatic hydroxyl groups is 1. The normalized spacial score (nSPS) is 10.5. The summed E-state index contributed by atoms with van der Waals surface area (Å²) >= 11 is 0. The van der Waals surface area contributed by atoms with E-state index in [9.17, 15) is 5.11 Å². The Bertz CT molecular complexity index is 392. The molecule has 0 saturated carbocycles. The summed E-state index contributed by atoms with van der Waals surface area (Å²) in [6.45, 7) is 0. The number of para-hydroxylation sites is 1. The predicted octanol–water partition coefficient (Wildman–Crippen LogP) is 1.06. The smallest absolute Gasteiger partial charge is 0.210 e. The van der Waals surface area contributed by atoms with Gasteiger partial charge in [-0.05, 0) is 6.07 Å². The Hall–Kier alpha value is -1.64. The first-order valence-corrected chi connectivity index (χ1v) is 3.33. The number of benzene rings is 1. The summed E-state index contributed by atoms with van der Waals surface area (Å²) in [6.07, 6.45) is 0. The van der Waals surface area contributed by atoms with E-state index < -0.39 is 0 Å². The lowest BCUT2D eigenvalue weighted by Gasteiger charge is -1.95. The molecule has 1 heterocycles. The van der Waals surface area contributed by atoms with Crippen LogP contribution in [0.2, 0.25) is 0 Å². The van der Waals surface area contributed by atoms with Gasteiger partial charge in [0.1, 0.15) is 0 Å². The fourth-order valence-electron chi connectivity index (χ4n) is 1.16. The standard InChI is InChI=1S/C8H8N2O/c9-10-7-4-2-1-3-6(7)5-8(10)11/h1-5,11H,9H2.